The van der Waals surface area contributed by atoms with Crippen molar-refractivity contribution in [2.45, 2.75) is 52.4 Å². The summed E-state index contributed by atoms with van der Waals surface area (Å²) >= 11 is 1.23. The van der Waals surface area contributed by atoms with Gasteiger partial charge in [0.25, 0.3) is 0 Å². The Bertz CT molecular complexity index is 1420. The summed E-state index contributed by atoms with van der Waals surface area (Å²) in [5.41, 5.74) is -0.792. The third kappa shape index (κ3) is 7.78. The number of alkyl halides is 3. The molecule has 14 heteroatoms. The van der Waals surface area contributed by atoms with Crippen molar-refractivity contribution in [3.8, 4) is 11.3 Å². The molecule has 0 aliphatic carbocycles. The number of anilines is 1. The van der Waals surface area contributed by atoms with E-state index in [1.54, 1.807) is 11.8 Å². The molecule has 0 bridgehead atoms. The summed E-state index contributed by atoms with van der Waals surface area (Å²) in [4.78, 5) is 30.5. The van der Waals surface area contributed by atoms with Crippen molar-refractivity contribution >= 4 is 23.1 Å². The second kappa shape index (κ2) is 13.0. The molecule has 0 unspecified atom stereocenters. The lowest BCUT2D eigenvalue weighted by molar-refractivity contribution is -0.138. The standard InChI is InChI=1S/C28H33F5N6O2S/c1-16(2)37(4)15-22-26(18-11-19(28(31,32)33)13-20(29)12-18)36-23(42-22)14-21-25(30)27(35-17(3)34-21)39-9-7-38(8-10-39)6-5-24(40)41/h11-13,16H,5-10,14-15H2,1-4H3,(H,40,41). The van der Waals surface area contributed by atoms with Crippen LogP contribution >= 0.6 is 11.3 Å². The maximum atomic E-state index is 15.8. The molecule has 1 fully saturated rings. The van der Waals surface area contributed by atoms with Crippen LogP contribution in [0.1, 0.15) is 47.2 Å². The Morgan fingerprint density at radius 3 is 2.40 bits per heavy atom. The minimum atomic E-state index is -4.73. The Kier molecular flexibility index (Phi) is 9.78. The fraction of sp³-hybridized carbons (Fsp3) is 0.500. The van der Waals surface area contributed by atoms with Gasteiger partial charge in [-0.2, -0.15) is 13.2 Å². The summed E-state index contributed by atoms with van der Waals surface area (Å²) in [6.07, 6.45) is -4.72. The van der Waals surface area contributed by atoms with E-state index in [2.05, 4.69) is 15.0 Å². The predicted octanol–water partition coefficient (Wildman–Crippen LogP) is 5.23. The van der Waals surface area contributed by atoms with Gasteiger partial charge in [0.2, 0.25) is 0 Å². The van der Waals surface area contributed by atoms with Gasteiger partial charge in [0, 0.05) is 62.2 Å². The average molecular weight is 613 g/mol. The quantitative estimate of drug-likeness (QED) is 0.312. The zero-order valence-electron chi connectivity index (χ0n) is 23.8. The van der Waals surface area contributed by atoms with E-state index < -0.39 is 29.3 Å². The molecule has 8 nitrogen and oxygen atoms in total. The highest BCUT2D eigenvalue weighted by Crippen LogP contribution is 2.36. The van der Waals surface area contributed by atoms with Gasteiger partial charge < -0.3 is 10.0 Å². The third-order valence-electron chi connectivity index (χ3n) is 7.16. The molecule has 228 valence electrons. The van der Waals surface area contributed by atoms with E-state index in [9.17, 15) is 22.4 Å². The molecule has 0 spiro atoms. The topological polar surface area (TPSA) is 85.7 Å². The van der Waals surface area contributed by atoms with Crippen molar-refractivity contribution in [3.05, 3.63) is 56.8 Å². The van der Waals surface area contributed by atoms with Crippen molar-refractivity contribution < 1.29 is 31.9 Å². The van der Waals surface area contributed by atoms with Crippen LogP contribution in [0.3, 0.4) is 0 Å². The molecule has 1 aromatic carbocycles. The zero-order chi connectivity index (χ0) is 30.8. The number of carbonyl (C=O) groups is 1. The van der Waals surface area contributed by atoms with E-state index in [0.29, 0.717) is 61.0 Å². The number of benzene rings is 1. The number of thiazole rings is 1. The summed E-state index contributed by atoms with van der Waals surface area (Å²) in [7, 11) is 1.86. The first-order valence-corrected chi connectivity index (χ1v) is 14.3. The van der Waals surface area contributed by atoms with E-state index in [1.165, 1.54) is 11.3 Å². The molecule has 4 rings (SSSR count). The number of halogens is 5. The molecular formula is C28H33F5N6O2S. The molecule has 42 heavy (non-hydrogen) atoms. The van der Waals surface area contributed by atoms with Crippen LogP contribution in [-0.2, 0) is 23.9 Å². The molecule has 1 aliphatic rings. The van der Waals surface area contributed by atoms with Crippen molar-refractivity contribution in [1.29, 1.82) is 0 Å². The monoisotopic (exact) mass is 612 g/mol. The minimum absolute atomic E-state index is 0.00206. The molecule has 2 aromatic heterocycles. The molecule has 0 radical (unpaired) electrons. The van der Waals surface area contributed by atoms with E-state index in [-0.39, 0.29) is 41.7 Å². The van der Waals surface area contributed by atoms with Crippen molar-refractivity contribution in [3.63, 3.8) is 0 Å². The summed E-state index contributed by atoms with van der Waals surface area (Å²) < 4.78 is 70.5. The van der Waals surface area contributed by atoms with E-state index >= 15 is 4.39 Å². The van der Waals surface area contributed by atoms with Gasteiger partial charge in [-0.15, -0.1) is 11.3 Å². The van der Waals surface area contributed by atoms with Crippen LogP contribution in [0.25, 0.3) is 11.3 Å². The maximum Gasteiger partial charge on any atom is 0.416 e. The van der Waals surface area contributed by atoms with Gasteiger partial charge in [-0.25, -0.2) is 23.7 Å². The number of aromatic nitrogens is 3. The van der Waals surface area contributed by atoms with Gasteiger partial charge in [0.15, 0.2) is 11.6 Å². The first-order chi connectivity index (χ1) is 19.7. The molecule has 3 heterocycles. The predicted molar refractivity (Wildman–Crippen MR) is 150 cm³/mol. The normalized spacial score (nSPS) is 14.8. The van der Waals surface area contributed by atoms with Crippen molar-refractivity contribution in [2.75, 3.05) is 44.7 Å². The molecule has 1 aliphatic heterocycles. The summed E-state index contributed by atoms with van der Waals surface area (Å²) in [5, 5.41) is 9.35. The van der Waals surface area contributed by atoms with Crippen LogP contribution in [0.15, 0.2) is 18.2 Å². The average Bonchev–Trinajstić information content (AvgIpc) is 3.30. The first kappa shape index (κ1) is 31.7. The maximum absolute atomic E-state index is 15.8. The lowest BCUT2D eigenvalue weighted by atomic mass is 10.1. The number of aliphatic carboxylic acids is 1. The van der Waals surface area contributed by atoms with E-state index in [1.807, 2.05) is 30.7 Å². The first-order valence-electron chi connectivity index (χ1n) is 13.5. The number of rotatable bonds is 10. The highest BCUT2D eigenvalue weighted by molar-refractivity contribution is 7.12. The van der Waals surface area contributed by atoms with Gasteiger partial charge in [-0.1, -0.05) is 0 Å². The summed E-state index contributed by atoms with van der Waals surface area (Å²) in [5.74, 6) is -2.01. The van der Waals surface area contributed by atoms with Crippen LogP contribution in [0, 0.1) is 18.6 Å². The van der Waals surface area contributed by atoms with Gasteiger partial charge >= 0.3 is 12.1 Å². The van der Waals surface area contributed by atoms with Gasteiger partial charge in [-0.3, -0.25) is 14.6 Å². The van der Waals surface area contributed by atoms with Gasteiger partial charge in [0.1, 0.15) is 11.6 Å². The summed E-state index contributed by atoms with van der Waals surface area (Å²) in [6.45, 7) is 8.39. The Balaban J connectivity index is 1.64. The third-order valence-corrected chi connectivity index (χ3v) is 8.20. The van der Waals surface area contributed by atoms with Gasteiger partial charge in [0.05, 0.1) is 28.4 Å². The Labute approximate surface area is 244 Å². The molecule has 0 amide bonds. The second-order valence-electron chi connectivity index (χ2n) is 10.6. The molecule has 1 saturated heterocycles. The number of piperazine rings is 1. The molecule has 0 atom stereocenters. The lowest BCUT2D eigenvalue weighted by Gasteiger charge is -2.35. The number of aryl methyl sites for hydroxylation is 1. The number of hydrogen-bond acceptors (Lipinski definition) is 8. The minimum Gasteiger partial charge on any atom is -0.481 e. The fourth-order valence-electron chi connectivity index (χ4n) is 4.62. The van der Waals surface area contributed by atoms with Crippen molar-refractivity contribution in [1.82, 2.24) is 24.8 Å². The van der Waals surface area contributed by atoms with Crippen LogP contribution < -0.4 is 4.90 Å². The highest BCUT2D eigenvalue weighted by atomic mass is 32.1. The molecular weight excluding hydrogens is 579 g/mol. The van der Waals surface area contributed by atoms with Crippen LogP contribution in [0.5, 0.6) is 0 Å². The molecule has 0 saturated carbocycles. The number of nitrogens with zero attached hydrogens (tertiary/aromatic N) is 6. The smallest absolute Gasteiger partial charge is 0.416 e. The SMILES string of the molecule is Cc1nc(Cc2nc(-c3cc(F)cc(C(F)(F)F)c3)c(CN(C)C(C)C)s2)c(F)c(N2CCN(CCC(=O)O)CC2)n1. The zero-order valence-corrected chi connectivity index (χ0v) is 24.6. The van der Waals surface area contributed by atoms with E-state index in [4.69, 9.17) is 5.11 Å². The van der Waals surface area contributed by atoms with Crippen molar-refractivity contribution in [2.24, 2.45) is 0 Å². The highest BCUT2D eigenvalue weighted by Gasteiger charge is 2.32. The number of carboxylic acid groups (broad SMARTS) is 1. The van der Waals surface area contributed by atoms with Crippen LogP contribution in [-0.4, -0.2) is 81.6 Å². The number of hydrogen-bond donors (Lipinski definition) is 1. The molecule has 3 aromatic rings. The Morgan fingerprint density at radius 2 is 1.79 bits per heavy atom. The van der Waals surface area contributed by atoms with Crippen LogP contribution in [0.2, 0.25) is 0 Å². The number of carboxylic acids is 1. The fourth-order valence-corrected chi connectivity index (χ4v) is 5.77. The van der Waals surface area contributed by atoms with Gasteiger partial charge in [-0.05, 0) is 46.0 Å². The largest absolute Gasteiger partial charge is 0.481 e. The lowest BCUT2D eigenvalue weighted by Crippen LogP contribution is -2.47. The Hall–Kier alpha value is -3.23. The van der Waals surface area contributed by atoms with Crippen LogP contribution in [0.4, 0.5) is 27.8 Å². The Morgan fingerprint density at radius 1 is 1.10 bits per heavy atom. The van der Waals surface area contributed by atoms with E-state index in [0.717, 1.165) is 12.1 Å². The second-order valence-corrected chi connectivity index (χ2v) is 11.8. The molecule has 1 N–H and O–H groups in total. The summed E-state index contributed by atoms with van der Waals surface area (Å²) in [6, 6.07) is 2.47.